The number of fused-ring (bicyclic) bond motifs is 1. The highest BCUT2D eigenvalue weighted by Gasteiger charge is 2.21. The fraction of sp³-hybridized carbons (Fsp3) is 0.321. The van der Waals surface area contributed by atoms with E-state index < -0.39 is 0 Å². The topological polar surface area (TPSA) is 118 Å². The van der Waals surface area contributed by atoms with Gasteiger partial charge in [0.1, 0.15) is 11.2 Å². The van der Waals surface area contributed by atoms with Gasteiger partial charge in [-0.05, 0) is 49.6 Å². The highest BCUT2D eigenvalue weighted by atomic mass is 16.5. The normalized spacial score (nSPS) is 13.8. The number of nitrogens with one attached hydrogen (secondary N) is 1. The summed E-state index contributed by atoms with van der Waals surface area (Å²) in [4.78, 5) is 31.3. The Balaban J connectivity index is 1.46. The van der Waals surface area contributed by atoms with E-state index in [-0.39, 0.29) is 25.1 Å². The molecule has 38 heavy (non-hydrogen) atoms. The molecule has 0 spiro atoms. The van der Waals surface area contributed by atoms with E-state index in [1.54, 1.807) is 19.3 Å². The zero-order chi connectivity index (χ0) is 26.6. The maximum atomic E-state index is 12.6. The molecule has 0 unspecified atom stereocenters. The first kappa shape index (κ1) is 25.3. The van der Waals surface area contributed by atoms with Crippen molar-refractivity contribution < 1.29 is 19.1 Å². The molecule has 0 aromatic carbocycles. The summed E-state index contributed by atoms with van der Waals surface area (Å²) in [6.07, 6.45) is 4.97. The second-order valence-electron chi connectivity index (χ2n) is 9.23. The second-order valence-corrected chi connectivity index (χ2v) is 9.23. The standard InChI is InChI=1S/C28H28N6O4/c1-17-14-18(28(36)34(3)10-11-35)16-31-25(17)24-15-23-26(38-24)20(6-9-30-23)21-4-5-22(27(29-2)33-21)32-19-7-12-37-13-8-19/h4-6,9,14-16,19,32,35H,7-8,10-13H2,1,3H3. The third-order valence-electron chi connectivity index (χ3n) is 6.59. The SMILES string of the molecule is [C-]#[N+]c1nc(-c2ccnc3cc(-c4ncc(C(=O)N(C)CCO)cc4C)oc23)ccc1NC1CCOCC1. The predicted octanol–water partition coefficient (Wildman–Crippen LogP) is 4.47. The van der Waals surface area contributed by atoms with Crippen molar-refractivity contribution >= 4 is 28.5 Å². The largest absolute Gasteiger partial charge is 0.452 e. The van der Waals surface area contributed by atoms with Gasteiger partial charge in [0.2, 0.25) is 0 Å². The second kappa shape index (κ2) is 11.0. The summed E-state index contributed by atoms with van der Waals surface area (Å²) in [6, 6.07) is 9.40. The number of furan rings is 1. The molecule has 4 aromatic heterocycles. The third-order valence-corrected chi connectivity index (χ3v) is 6.59. The fourth-order valence-corrected chi connectivity index (χ4v) is 4.54. The molecule has 10 nitrogen and oxygen atoms in total. The molecular weight excluding hydrogens is 484 g/mol. The highest BCUT2D eigenvalue weighted by Crippen LogP contribution is 2.35. The van der Waals surface area contributed by atoms with E-state index in [4.69, 9.17) is 20.8 Å². The number of aliphatic hydroxyl groups is 1. The first-order chi connectivity index (χ1) is 18.5. The number of anilines is 1. The zero-order valence-electron chi connectivity index (χ0n) is 21.3. The highest BCUT2D eigenvalue weighted by molar-refractivity contribution is 5.95. The van der Waals surface area contributed by atoms with Crippen LogP contribution < -0.4 is 5.32 Å². The van der Waals surface area contributed by atoms with Gasteiger partial charge in [0.25, 0.3) is 11.7 Å². The summed E-state index contributed by atoms with van der Waals surface area (Å²) in [5.41, 5.74) is 5.02. The lowest BCUT2D eigenvalue weighted by Gasteiger charge is -2.24. The van der Waals surface area contributed by atoms with Crippen molar-refractivity contribution in [3.8, 4) is 22.7 Å². The Kier molecular flexibility index (Phi) is 7.31. The van der Waals surface area contributed by atoms with Crippen LogP contribution in [0.1, 0.15) is 28.8 Å². The van der Waals surface area contributed by atoms with Gasteiger partial charge in [-0.15, -0.1) is 4.98 Å². The minimum absolute atomic E-state index is 0.109. The minimum atomic E-state index is -0.216. The monoisotopic (exact) mass is 512 g/mol. The van der Waals surface area contributed by atoms with Gasteiger partial charge in [0, 0.05) is 51.3 Å². The maximum Gasteiger partial charge on any atom is 0.293 e. The van der Waals surface area contributed by atoms with Crippen molar-refractivity contribution in [1.82, 2.24) is 19.9 Å². The number of ether oxygens (including phenoxy) is 1. The molecule has 1 aliphatic rings. The van der Waals surface area contributed by atoms with Crippen LogP contribution in [0.15, 0.2) is 47.1 Å². The lowest BCUT2D eigenvalue weighted by molar-refractivity contribution is 0.0766. The molecule has 5 heterocycles. The van der Waals surface area contributed by atoms with E-state index in [2.05, 4.69) is 25.1 Å². The average Bonchev–Trinajstić information content (AvgIpc) is 3.38. The van der Waals surface area contributed by atoms with Crippen LogP contribution in [0.3, 0.4) is 0 Å². The summed E-state index contributed by atoms with van der Waals surface area (Å²) in [5, 5.41) is 12.5. The van der Waals surface area contributed by atoms with E-state index >= 15 is 0 Å². The summed E-state index contributed by atoms with van der Waals surface area (Å²) in [6.45, 7) is 11.1. The smallest absolute Gasteiger partial charge is 0.293 e. The van der Waals surface area contributed by atoms with Gasteiger partial charge in [0.15, 0.2) is 17.0 Å². The molecule has 2 N–H and O–H groups in total. The minimum Gasteiger partial charge on any atom is -0.452 e. The van der Waals surface area contributed by atoms with Gasteiger partial charge in [-0.1, -0.05) is 6.57 Å². The van der Waals surface area contributed by atoms with Crippen molar-refractivity contribution in [1.29, 1.82) is 0 Å². The molecule has 0 atom stereocenters. The third kappa shape index (κ3) is 5.07. The number of aromatic nitrogens is 3. The van der Waals surface area contributed by atoms with Crippen LogP contribution in [0.4, 0.5) is 11.5 Å². The number of aryl methyl sites for hydroxylation is 1. The van der Waals surface area contributed by atoms with Gasteiger partial charge >= 0.3 is 0 Å². The number of amides is 1. The molecule has 4 aromatic rings. The number of aliphatic hydroxyl groups excluding tert-OH is 1. The first-order valence-electron chi connectivity index (χ1n) is 12.4. The van der Waals surface area contributed by atoms with Crippen LogP contribution in [0.5, 0.6) is 0 Å². The average molecular weight is 513 g/mol. The van der Waals surface area contributed by atoms with E-state index in [0.717, 1.165) is 24.0 Å². The Morgan fingerprint density at radius 3 is 2.79 bits per heavy atom. The van der Waals surface area contributed by atoms with Gasteiger partial charge in [-0.2, -0.15) is 0 Å². The van der Waals surface area contributed by atoms with Gasteiger partial charge in [-0.25, -0.2) is 0 Å². The zero-order valence-corrected chi connectivity index (χ0v) is 21.3. The fourth-order valence-electron chi connectivity index (χ4n) is 4.54. The molecule has 0 radical (unpaired) electrons. The van der Waals surface area contributed by atoms with Crippen LogP contribution in [-0.2, 0) is 4.74 Å². The number of carbonyl (C=O) groups is 1. The van der Waals surface area contributed by atoms with Crippen LogP contribution >= 0.6 is 0 Å². The van der Waals surface area contributed by atoms with Crippen molar-refractivity contribution in [2.45, 2.75) is 25.8 Å². The number of carbonyl (C=O) groups excluding carboxylic acids is 1. The molecule has 0 bridgehead atoms. The predicted molar refractivity (Wildman–Crippen MR) is 143 cm³/mol. The number of hydrogen-bond acceptors (Lipinski definition) is 8. The van der Waals surface area contributed by atoms with Crippen molar-refractivity contribution in [3.05, 3.63) is 65.3 Å². The Morgan fingerprint density at radius 1 is 1.24 bits per heavy atom. The number of likely N-dealkylation sites (N-methyl/N-ethyl adjacent to an activating group) is 1. The van der Waals surface area contributed by atoms with Gasteiger partial charge < -0.3 is 29.3 Å². The van der Waals surface area contributed by atoms with Crippen LogP contribution in [0.2, 0.25) is 0 Å². The summed E-state index contributed by atoms with van der Waals surface area (Å²) < 4.78 is 11.7. The lowest BCUT2D eigenvalue weighted by atomic mass is 10.1. The number of hydrogen-bond donors (Lipinski definition) is 2. The lowest BCUT2D eigenvalue weighted by Crippen LogP contribution is -2.29. The number of pyridine rings is 3. The van der Waals surface area contributed by atoms with Crippen molar-refractivity contribution in [2.75, 3.05) is 38.7 Å². The molecular formula is C28H28N6O4. The van der Waals surface area contributed by atoms with Crippen LogP contribution in [0, 0.1) is 13.5 Å². The summed E-state index contributed by atoms with van der Waals surface area (Å²) in [7, 11) is 1.63. The number of rotatable bonds is 7. The molecule has 1 aliphatic heterocycles. The van der Waals surface area contributed by atoms with Crippen LogP contribution in [-0.4, -0.2) is 70.3 Å². The molecule has 194 valence electrons. The molecule has 5 rings (SSSR count). The molecule has 1 saturated heterocycles. The molecule has 0 aliphatic carbocycles. The van der Waals surface area contributed by atoms with E-state index in [9.17, 15) is 4.79 Å². The Morgan fingerprint density at radius 2 is 2.05 bits per heavy atom. The molecule has 0 saturated carbocycles. The molecule has 1 fully saturated rings. The summed E-state index contributed by atoms with van der Waals surface area (Å²) >= 11 is 0. The van der Waals surface area contributed by atoms with E-state index in [1.165, 1.54) is 11.1 Å². The quantitative estimate of drug-likeness (QED) is 0.349. The van der Waals surface area contributed by atoms with Crippen molar-refractivity contribution in [2.24, 2.45) is 0 Å². The van der Waals surface area contributed by atoms with E-state index in [1.807, 2.05) is 31.2 Å². The number of nitrogens with zero attached hydrogens (tertiary/aromatic N) is 5. The molecule has 1 amide bonds. The Labute approximate surface area is 220 Å². The van der Waals surface area contributed by atoms with Crippen molar-refractivity contribution in [3.63, 3.8) is 0 Å². The summed E-state index contributed by atoms with van der Waals surface area (Å²) in [5.74, 6) is 0.601. The Bertz CT molecular complexity index is 1520. The van der Waals surface area contributed by atoms with Crippen LogP contribution in [0.25, 0.3) is 38.7 Å². The van der Waals surface area contributed by atoms with Gasteiger partial charge in [0.05, 0.1) is 23.4 Å². The maximum absolute atomic E-state index is 12.6. The van der Waals surface area contributed by atoms with Gasteiger partial charge in [-0.3, -0.25) is 14.8 Å². The molecule has 10 heteroatoms. The Hall–Kier alpha value is -4.33. The first-order valence-corrected chi connectivity index (χ1v) is 12.4. The van der Waals surface area contributed by atoms with E-state index in [0.29, 0.717) is 58.5 Å².